The molecule has 0 aliphatic rings. The summed E-state index contributed by atoms with van der Waals surface area (Å²) in [6.07, 6.45) is 0. The van der Waals surface area contributed by atoms with Crippen LogP contribution < -0.4 is 5.32 Å². The number of anilines is 1. The third-order valence-corrected chi connectivity index (χ3v) is 8.52. The predicted molar refractivity (Wildman–Crippen MR) is 146 cm³/mol. The zero-order valence-corrected chi connectivity index (χ0v) is 22.0. The molecule has 0 atom stereocenters. The summed E-state index contributed by atoms with van der Waals surface area (Å²) < 4.78 is 28.2. The van der Waals surface area contributed by atoms with Gasteiger partial charge in [-0.1, -0.05) is 83.5 Å². The molecule has 0 heterocycles. The number of nitrogens with zero attached hydrogens (tertiary/aromatic N) is 1. The molecular weight excluding hydrogens is 512 g/mol. The molecule has 0 aromatic heterocycles. The number of amides is 1. The van der Waals surface area contributed by atoms with Crippen molar-refractivity contribution in [2.75, 3.05) is 11.9 Å². The van der Waals surface area contributed by atoms with Gasteiger partial charge in [0.25, 0.3) is 0 Å². The van der Waals surface area contributed by atoms with Crippen molar-refractivity contribution < 1.29 is 13.2 Å². The maximum absolute atomic E-state index is 13.5. The van der Waals surface area contributed by atoms with Crippen molar-refractivity contribution in [3.05, 3.63) is 119 Å². The van der Waals surface area contributed by atoms with Crippen LogP contribution in [-0.2, 0) is 21.4 Å². The van der Waals surface area contributed by atoms with E-state index in [1.807, 2.05) is 79.7 Å². The van der Waals surface area contributed by atoms with Crippen LogP contribution in [0.1, 0.15) is 11.1 Å². The molecule has 0 aliphatic carbocycles. The number of hydrogen-bond acceptors (Lipinski definition) is 4. The molecule has 0 saturated heterocycles. The Morgan fingerprint density at radius 1 is 0.861 bits per heavy atom. The highest BCUT2D eigenvalue weighted by Crippen LogP contribution is 2.33. The fourth-order valence-corrected chi connectivity index (χ4v) is 5.94. The first-order chi connectivity index (χ1) is 17.3. The number of sulfonamides is 1. The Labute approximate surface area is 221 Å². The number of hydrogen-bond donors (Lipinski definition) is 1. The molecule has 0 spiro atoms. The van der Waals surface area contributed by atoms with Gasteiger partial charge in [-0.15, -0.1) is 0 Å². The van der Waals surface area contributed by atoms with Gasteiger partial charge in [-0.2, -0.15) is 4.31 Å². The number of rotatable bonds is 9. The van der Waals surface area contributed by atoms with Crippen molar-refractivity contribution in [2.45, 2.75) is 28.2 Å². The fraction of sp³-hybridized carbons (Fsp3) is 0.107. The van der Waals surface area contributed by atoms with Crippen molar-refractivity contribution in [1.29, 1.82) is 0 Å². The van der Waals surface area contributed by atoms with E-state index in [-0.39, 0.29) is 18.0 Å². The highest BCUT2D eigenvalue weighted by Gasteiger charge is 2.27. The molecule has 184 valence electrons. The van der Waals surface area contributed by atoms with Crippen LogP contribution in [0.15, 0.2) is 118 Å². The first-order valence-electron chi connectivity index (χ1n) is 11.2. The molecule has 5 nitrogen and oxygen atoms in total. The van der Waals surface area contributed by atoms with Crippen molar-refractivity contribution in [1.82, 2.24) is 4.31 Å². The molecule has 0 unspecified atom stereocenters. The Balaban J connectivity index is 1.57. The number of carbonyl (C=O) groups is 1. The van der Waals surface area contributed by atoms with Crippen LogP contribution in [0.5, 0.6) is 0 Å². The summed E-state index contributed by atoms with van der Waals surface area (Å²) in [5.74, 6) is -0.430. The number of halogens is 1. The Hall–Kier alpha value is -3.10. The van der Waals surface area contributed by atoms with Crippen LogP contribution in [0.3, 0.4) is 0 Å². The normalized spacial score (nSPS) is 11.4. The van der Waals surface area contributed by atoms with Gasteiger partial charge in [-0.25, -0.2) is 8.42 Å². The van der Waals surface area contributed by atoms with Crippen molar-refractivity contribution in [3.63, 3.8) is 0 Å². The molecule has 36 heavy (non-hydrogen) atoms. The molecule has 0 aliphatic heterocycles. The van der Waals surface area contributed by atoms with E-state index < -0.39 is 15.9 Å². The molecule has 4 rings (SSSR count). The minimum Gasteiger partial charge on any atom is -0.324 e. The van der Waals surface area contributed by atoms with Crippen LogP contribution >= 0.6 is 23.4 Å². The van der Waals surface area contributed by atoms with E-state index in [0.717, 1.165) is 20.9 Å². The van der Waals surface area contributed by atoms with Gasteiger partial charge >= 0.3 is 0 Å². The second-order valence-corrected chi connectivity index (χ2v) is 11.7. The molecule has 0 radical (unpaired) electrons. The van der Waals surface area contributed by atoms with Crippen LogP contribution in [-0.4, -0.2) is 25.2 Å². The van der Waals surface area contributed by atoms with E-state index in [2.05, 4.69) is 5.32 Å². The second kappa shape index (κ2) is 11.8. The Kier molecular flexibility index (Phi) is 8.48. The van der Waals surface area contributed by atoms with Gasteiger partial charge in [0.05, 0.1) is 17.1 Å². The lowest BCUT2D eigenvalue weighted by Gasteiger charge is -2.22. The van der Waals surface area contributed by atoms with Gasteiger partial charge in [0.1, 0.15) is 0 Å². The quantitative estimate of drug-likeness (QED) is 0.261. The van der Waals surface area contributed by atoms with Crippen molar-refractivity contribution in [2.24, 2.45) is 0 Å². The highest BCUT2D eigenvalue weighted by atomic mass is 35.5. The molecule has 0 saturated carbocycles. The highest BCUT2D eigenvalue weighted by molar-refractivity contribution is 7.99. The summed E-state index contributed by atoms with van der Waals surface area (Å²) in [5.41, 5.74) is 2.47. The average molecular weight is 537 g/mol. The van der Waals surface area contributed by atoms with Crippen LogP contribution in [0.4, 0.5) is 5.69 Å². The maximum atomic E-state index is 13.5. The minimum atomic E-state index is -3.96. The lowest BCUT2D eigenvalue weighted by atomic mass is 10.1. The SMILES string of the molecule is Cc1ccc(CN(CC(=O)Nc2ccccc2Sc2ccccc2)S(=O)(=O)c2ccc(Cl)cc2)cc1. The standard InChI is InChI=1S/C28H25ClN2O3S2/c1-21-11-13-22(14-12-21)19-31(36(33,34)25-17-15-23(29)16-18-25)20-28(32)30-26-9-5-6-10-27(26)35-24-7-3-2-4-8-24/h2-18H,19-20H2,1H3,(H,30,32). The minimum absolute atomic E-state index is 0.0546. The van der Waals surface area contributed by atoms with Gasteiger partial charge < -0.3 is 5.32 Å². The summed E-state index contributed by atoms with van der Waals surface area (Å²) >= 11 is 7.48. The van der Waals surface area contributed by atoms with Gasteiger partial charge in [-0.05, 0) is 61.0 Å². The summed E-state index contributed by atoms with van der Waals surface area (Å²) in [6.45, 7) is 1.67. The van der Waals surface area contributed by atoms with Crippen LogP contribution in [0.2, 0.25) is 5.02 Å². The molecular formula is C28H25ClN2O3S2. The van der Waals surface area contributed by atoms with E-state index >= 15 is 0 Å². The maximum Gasteiger partial charge on any atom is 0.243 e. The smallest absolute Gasteiger partial charge is 0.243 e. The molecule has 8 heteroatoms. The van der Waals surface area contributed by atoms with E-state index in [1.165, 1.54) is 40.3 Å². The number of benzene rings is 4. The average Bonchev–Trinajstić information content (AvgIpc) is 2.87. The van der Waals surface area contributed by atoms with Crippen molar-refractivity contribution >= 4 is 45.0 Å². The molecule has 0 fully saturated rings. The van der Waals surface area contributed by atoms with E-state index in [4.69, 9.17) is 11.6 Å². The van der Waals surface area contributed by atoms with E-state index in [1.54, 1.807) is 6.07 Å². The van der Waals surface area contributed by atoms with Gasteiger partial charge in [-0.3, -0.25) is 4.79 Å². The van der Waals surface area contributed by atoms with E-state index in [9.17, 15) is 13.2 Å². The molecule has 4 aromatic carbocycles. The first-order valence-corrected chi connectivity index (χ1v) is 13.9. The molecule has 4 aromatic rings. The molecule has 1 amide bonds. The zero-order valence-electron chi connectivity index (χ0n) is 19.6. The topological polar surface area (TPSA) is 66.5 Å². The second-order valence-electron chi connectivity index (χ2n) is 8.17. The Bertz CT molecular complexity index is 1430. The number of nitrogens with one attached hydrogen (secondary N) is 1. The van der Waals surface area contributed by atoms with Crippen molar-refractivity contribution in [3.8, 4) is 0 Å². The third-order valence-electron chi connectivity index (χ3n) is 5.38. The van der Waals surface area contributed by atoms with Gasteiger partial charge in [0.2, 0.25) is 15.9 Å². The Morgan fingerprint density at radius 3 is 2.19 bits per heavy atom. The Morgan fingerprint density at radius 2 is 1.50 bits per heavy atom. The van der Waals surface area contributed by atoms with Gasteiger partial charge in [0, 0.05) is 21.4 Å². The summed E-state index contributed by atoms with van der Waals surface area (Å²) in [7, 11) is -3.96. The lowest BCUT2D eigenvalue weighted by molar-refractivity contribution is -0.116. The van der Waals surface area contributed by atoms with Crippen LogP contribution in [0.25, 0.3) is 0 Å². The molecule has 0 bridgehead atoms. The lowest BCUT2D eigenvalue weighted by Crippen LogP contribution is -2.37. The molecule has 1 N–H and O–H groups in total. The number of carbonyl (C=O) groups excluding carboxylic acids is 1. The summed E-state index contributed by atoms with van der Waals surface area (Å²) in [4.78, 5) is 15.1. The summed E-state index contributed by atoms with van der Waals surface area (Å²) in [5, 5.41) is 3.34. The first kappa shape index (κ1) is 26.0. The zero-order chi connectivity index (χ0) is 25.5. The monoisotopic (exact) mass is 536 g/mol. The largest absolute Gasteiger partial charge is 0.324 e. The third kappa shape index (κ3) is 6.77. The summed E-state index contributed by atoms with van der Waals surface area (Å²) in [6, 6.07) is 30.8. The fourth-order valence-electron chi connectivity index (χ4n) is 3.50. The van der Waals surface area contributed by atoms with E-state index in [0.29, 0.717) is 10.7 Å². The number of para-hydroxylation sites is 1. The van der Waals surface area contributed by atoms with Gasteiger partial charge in [0.15, 0.2) is 0 Å². The van der Waals surface area contributed by atoms with Crippen LogP contribution in [0, 0.1) is 6.92 Å². The predicted octanol–water partition coefficient (Wildman–Crippen LogP) is 6.63. The number of aryl methyl sites for hydroxylation is 1.